The molecule has 2 aromatic carbocycles. The van der Waals surface area contributed by atoms with Crippen molar-refractivity contribution in [3.8, 4) is 11.4 Å². The van der Waals surface area contributed by atoms with Crippen LogP contribution in [0.25, 0.3) is 16.5 Å². The monoisotopic (exact) mass is 390 g/mol. The molecule has 2 heterocycles. The van der Waals surface area contributed by atoms with Crippen molar-refractivity contribution in [3.05, 3.63) is 64.6 Å². The SMILES string of the molecule is C[B]c1ccc(OCC)c(-n2c(CN3CCNCC3)cc3ccccc3c2=O)c1.[HH]. The van der Waals surface area contributed by atoms with Gasteiger partial charge >= 0.3 is 0 Å². The first-order valence-electron chi connectivity index (χ1n) is 10.3. The zero-order valence-corrected chi connectivity index (χ0v) is 17.1. The average molecular weight is 390 g/mol. The Labute approximate surface area is 174 Å². The summed E-state index contributed by atoms with van der Waals surface area (Å²) in [7, 11) is 2.04. The third-order valence-corrected chi connectivity index (χ3v) is 5.46. The van der Waals surface area contributed by atoms with Crippen LogP contribution in [0.4, 0.5) is 0 Å². The number of hydrogen-bond donors (Lipinski definition) is 1. The Bertz CT molecular complexity index is 1060. The summed E-state index contributed by atoms with van der Waals surface area (Å²) < 4.78 is 7.76. The summed E-state index contributed by atoms with van der Waals surface area (Å²) in [5.74, 6) is 0.733. The predicted octanol–water partition coefficient (Wildman–Crippen LogP) is 2.42. The fraction of sp³-hybridized carbons (Fsp3) is 0.348. The molecule has 5 nitrogen and oxygen atoms in total. The lowest BCUT2D eigenvalue weighted by Crippen LogP contribution is -2.43. The molecule has 1 aliphatic heterocycles. The molecule has 0 unspecified atom stereocenters. The van der Waals surface area contributed by atoms with Gasteiger partial charge in [-0.25, -0.2) is 0 Å². The quantitative estimate of drug-likeness (QED) is 0.657. The van der Waals surface area contributed by atoms with Gasteiger partial charge in [-0.3, -0.25) is 14.3 Å². The smallest absolute Gasteiger partial charge is 0.263 e. The minimum atomic E-state index is 0. The number of aromatic nitrogens is 1. The van der Waals surface area contributed by atoms with Crippen LogP contribution in [-0.2, 0) is 6.54 Å². The summed E-state index contributed by atoms with van der Waals surface area (Å²) in [4.78, 5) is 16.0. The zero-order valence-electron chi connectivity index (χ0n) is 17.1. The molecule has 6 heteroatoms. The third-order valence-electron chi connectivity index (χ3n) is 5.46. The van der Waals surface area contributed by atoms with E-state index in [0.29, 0.717) is 6.61 Å². The van der Waals surface area contributed by atoms with Crippen LogP contribution in [0.2, 0.25) is 6.82 Å². The Morgan fingerprint density at radius 3 is 2.69 bits per heavy atom. The van der Waals surface area contributed by atoms with Gasteiger partial charge in [0, 0.05) is 45.2 Å². The lowest BCUT2D eigenvalue weighted by atomic mass is 9.73. The molecule has 1 N–H and O–H groups in total. The summed E-state index contributed by atoms with van der Waals surface area (Å²) in [6.07, 6.45) is 0. The minimum Gasteiger partial charge on any atom is -0.492 e. The van der Waals surface area contributed by atoms with E-state index in [-0.39, 0.29) is 6.99 Å². The van der Waals surface area contributed by atoms with Gasteiger partial charge in [0.1, 0.15) is 13.0 Å². The Kier molecular flexibility index (Phi) is 6.02. The maximum atomic E-state index is 13.6. The molecule has 1 aromatic heterocycles. The van der Waals surface area contributed by atoms with Crippen molar-refractivity contribution in [2.45, 2.75) is 20.3 Å². The third kappa shape index (κ3) is 4.09. The first-order valence-corrected chi connectivity index (χ1v) is 10.3. The van der Waals surface area contributed by atoms with Gasteiger partial charge in [-0.2, -0.15) is 0 Å². The molecule has 1 fully saturated rings. The van der Waals surface area contributed by atoms with E-state index in [1.807, 2.05) is 68.1 Å². The van der Waals surface area contributed by atoms with Crippen LogP contribution in [0, 0.1) is 0 Å². The van der Waals surface area contributed by atoms with Gasteiger partial charge < -0.3 is 10.1 Å². The molecule has 151 valence electrons. The summed E-state index contributed by atoms with van der Waals surface area (Å²) in [6, 6.07) is 16.0. The highest BCUT2D eigenvalue weighted by atomic mass is 16.5. The number of benzene rings is 2. The second-order valence-corrected chi connectivity index (χ2v) is 7.34. The van der Waals surface area contributed by atoms with E-state index in [4.69, 9.17) is 4.74 Å². The van der Waals surface area contributed by atoms with Crippen LogP contribution in [0.3, 0.4) is 0 Å². The van der Waals surface area contributed by atoms with Crippen LogP contribution in [0.1, 0.15) is 14.0 Å². The largest absolute Gasteiger partial charge is 0.492 e. The van der Waals surface area contributed by atoms with Crippen molar-refractivity contribution in [1.82, 2.24) is 14.8 Å². The van der Waals surface area contributed by atoms with E-state index < -0.39 is 0 Å². The standard InChI is InChI=1S/C23H27BN3O2.H2/c1-3-29-22-9-8-18(24-2)15-21(22)27-19(16-26-12-10-25-11-13-26)14-17-6-4-5-7-20(17)23(27)28;/h4-9,14-15,25H,3,10-13,16H2,1-2H3;1H. The van der Waals surface area contributed by atoms with E-state index in [1.165, 1.54) is 0 Å². The molecule has 0 saturated carbocycles. The van der Waals surface area contributed by atoms with E-state index in [9.17, 15) is 4.79 Å². The molecular weight excluding hydrogens is 361 g/mol. The first-order chi connectivity index (χ1) is 14.2. The molecule has 4 rings (SSSR count). The lowest BCUT2D eigenvalue weighted by Gasteiger charge is -2.28. The van der Waals surface area contributed by atoms with Crippen molar-refractivity contribution >= 4 is 23.5 Å². The Balaban J connectivity index is 0.00000256. The van der Waals surface area contributed by atoms with Gasteiger partial charge in [0.25, 0.3) is 5.56 Å². The van der Waals surface area contributed by atoms with Gasteiger partial charge in [-0.1, -0.05) is 36.6 Å². The van der Waals surface area contributed by atoms with Gasteiger partial charge in [0.2, 0.25) is 0 Å². The summed E-state index contributed by atoms with van der Waals surface area (Å²) in [5.41, 5.74) is 2.87. The zero-order chi connectivity index (χ0) is 20.2. The van der Waals surface area contributed by atoms with Gasteiger partial charge in [0.15, 0.2) is 0 Å². The number of pyridine rings is 1. The highest BCUT2D eigenvalue weighted by Gasteiger charge is 2.18. The molecule has 0 aliphatic carbocycles. The number of hydrogen-bond acceptors (Lipinski definition) is 4. The molecule has 1 aliphatic rings. The van der Waals surface area contributed by atoms with Crippen molar-refractivity contribution in [3.63, 3.8) is 0 Å². The number of fused-ring (bicyclic) bond motifs is 1. The summed E-state index contributed by atoms with van der Waals surface area (Å²) >= 11 is 0. The summed E-state index contributed by atoms with van der Waals surface area (Å²) in [6.45, 7) is 9.15. The molecule has 1 radical (unpaired) electrons. The van der Waals surface area contributed by atoms with E-state index in [0.717, 1.165) is 66.1 Å². The topological polar surface area (TPSA) is 46.5 Å². The molecule has 29 heavy (non-hydrogen) atoms. The fourth-order valence-electron chi connectivity index (χ4n) is 3.96. The Morgan fingerprint density at radius 2 is 1.93 bits per heavy atom. The van der Waals surface area contributed by atoms with E-state index in [2.05, 4.69) is 16.3 Å². The molecule has 0 bridgehead atoms. The molecule has 1 saturated heterocycles. The number of nitrogens with one attached hydrogen (secondary N) is 1. The maximum absolute atomic E-state index is 13.6. The van der Waals surface area contributed by atoms with Crippen LogP contribution in [0.15, 0.2) is 53.3 Å². The van der Waals surface area contributed by atoms with Gasteiger partial charge in [0.05, 0.1) is 12.3 Å². The maximum Gasteiger partial charge on any atom is 0.263 e. The van der Waals surface area contributed by atoms with Crippen molar-refractivity contribution in [2.24, 2.45) is 0 Å². The molecular formula is C23H29BN3O2. The van der Waals surface area contributed by atoms with Gasteiger partial charge in [-0.05, 0) is 36.6 Å². The first kappa shape index (κ1) is 19.7. The fourth-order valence-corrected chi connectivity index (χ4v) is 3.96. The number of ether oxygens (including phenoxy) is 1. The Hall–Kier alpha value is -2.57. The van der Waals surface area contributed by atoms with Crippen LogP contribution < -0.4 is 21.1 Å². The predicted molar refractivity (Wildman–Crippen MR) is 122 cm³/mol. The number of piperazine rings is 1. The molecule has 0 amide bonds. The molecule has 3 aromatic rings. The molecule has 0 spiro atoms. The van der Waals surface area contributed by atoms with Crippen LogP contribution >= 0.6 is 0 Å². The average Bonchev–Trinajstić information content (AvgIpc) is 2.75. The van der Waals surface area contributed by atoms with E-state index >= 15 is 0 Å². The second kappa shape index (κ2) is 8.85. The van der Waals surface area contributed by atoms with Gasteiger partial charge in [-0.15, -0.1) is 0 Å². The minimum absolute atomic E-state index is 0. The second-order valence-electron chi connectivity index (χ2n) is 7.34. The number of nitrogens with zero attached hydrogens (tertiary/aromatic N) is 2. The summed E-state index contributed by atoms with van der Waals surface area (Å²) in [5, 5.41) is 5.10. The van der Waals surface area contributed by atoms with Crippen molar-refractivity contribution in [1.29, 1.82) is 0 Å². The van der Waals surface area contributed by atoms with Crippen LogP contribution in [0.5, 0.6) is 5.75 Å². The Morgan fingerprint density at radius 1 is 1.14 bits per heavy atom. The molecule has 0 atom stereocenters. The number of rotatable bonds is 6. The van der Waals surface area contributed by atoms with E-state index in [1.54, 1.807) is 0 Å². The van der Waals surface area contributed by atoms with Crippen LogP contribution in [-0.4, -0.2) is 49.5 Å². The highest BCUT2D eigenvalue weighted by molar-refractivity contribution is 6.52. The normalized spacial score (nSPS) is 14.8. The lowest BCUT2D eigenvalue weighted by molar-refractivity contribution is 0.229. The van der Waals surface area contributed by atoms with Crippen molar-refractivity contribution < 1.29 is 6.16 Å². The highest BCUT2D eigenvalue weighted by Crippen LogP contribution is 2.25. The van der Waals surface area contributed by atoms with Crippen molar-refractivity contribution in [2.75, 3.05) is 32.8 Å².